The second-order valence-corrected chi connectivity index (χ2v) is 22.9. The molecule has 89 heavy (non-hydrogen) atoms. The molecule has 29 nitrogen and oxygen atoms in total. The van der Waals surface area contributed by atoms with Gasteiger partial charge in [0.1, 0.15) is 102 Å². The number of nitrogens with one attached hydrogen (secondary N) is 6. The molecule has 4 aromatic rings. The first kappa shape index (κ1) is 65.0. The number of carbonyl (C=O) groups excluding carboxylic acids is 8. The molecule has 6 aliphatic heterocycles. The first-order valence-electron chi connectivity index (χ1n) is 27.6. The number of primary amides is 1. The van der Waals surface area contributed by atoms with Crippen LogP contribution in [0, 0.1) is 5.92 Å². The Balaban J connectivity index is 1.31. The van der Waals surface area contributed by atoms with Gasteiger partial charge in [0, 0.05) is 17.6 Å². The van der Waals surface area contributed by atoms with E-state index < -0.39 is 186 Å². The van der Waals surface area contributed by atoms with Crippen LogP contribution in [0.2, 0.25) is 10.0 Å². The highest BCUT2D eigenvalue weighted by Gasteiger charge is 2.47. The van der Waals surface area contributed by atoms with E-state index in [2.05, 4.69) is 31.9 Å². The lowest BCUT2D eigenvalue weighted by molar-refractivity contribution is -0.277. The molecular formula is C58H62Cl2N8O21. The van der Waals surface area contributed by atoms with E-state index in [1.165, 1.54) is 18.2 Å². The number of hydrogen-bond acceptors (Lipinski definition) is 22. The summed E-state index contributed by atoms with van der Waals surface area (Å²) in [5, 5.41) is 115. The van der Waals surface area contributed by atoms with E-state index in [1.54, 1.807) is 13.8 Å². The molecule has 15 atom stereocenters. The first-order valence-corrected chi connectivity index (χ1v) is 28.3. The van der Waals surface area contributed by atoms with Gasteiger partial charge in [0.15, 0.2) is 11.5 Å². The van der Waals surface area contributed by atoms with Crippen LogP contribution in [-0.4, -0.2) is 167 Å². The second-order valence-electron chi connectivity index (χ2n) is 22.1. The number of aromatic hydroxyl groups is 1. The lowest BCUT2D eigenvalue weighted by Gasteiger charge is -2.39. The third-order valence-corrected chi connectivity index (χ3v) is 15.9. The third-order valence-electron chi connectivity index (χ3n) is 15.3. The normalized spacial score (nSPS) is 28.5. The Hall–Kier alpha value is -8.46. The molecule has 19 N–H and O–H groups in total. The van der Waals surface area contributed by atoms with Gasteiger partial charge in [-0.05, 0) is 94.8 Å². The number of halogens is 2. The summed E-state index contributed by atoms with van der Waals surface area (Å²) >= 11 is 13.8. The van der Waals surface area contributed by atoms with Crippen molar-refractivity contribution in [3.05, 3.63) is 122 Å². The highest BCUT2D eigenvalue weighted by molar-refractivity contribution is 6.32. The summed E-state index contributed by atoms with van der Waals surface area (Å²) in [6.45, 7) is 2.59. The lowest BCUT2D eigenvalue weighted by Crippen LogP contribution is -2.60. The molecule has 1 saturated heterocycles. The molecule has 9 unspecified atom stereocenters. The molecule has 7 aliphatic rings. The monoisotopic (exact) mass is 1280 g/mol. The average molecular weight is 1280 g/mol. The fraction of sp³-hybridized carbons (Fsp3) is 0.379. The van der Waals surface area contributed by atoms with E-state index in [9.17, 15) is 69.9 Å². The predicted molar refractivity (Wildman–Crippen MR) is 307 cm³/mol. The SMILES string of the molecule is CC(C)C[C@@H](N)C(=O)N[C@H]1C(=O)N[C@@H](CC(N)=O)C(=O)N[C@H]2C(=O)N[C@H]3C(=O)NC(C(=O)N[C@H](C=O)C4=C(C(O)=CC(O)C4)c4cc3ccc4O)C(O)c3ccc(c(Cl)c3)Oc3cc2cc(c3OC2OC(CO)C(O)C(O)C2O)Oc2ccc(cc2Cl)C1O. The highest BCUT2D eigenvalue weighted by atomic mass is 35.5. The smallest absolute Gasteiger partial charge is 0.248 e. The van der Waals surface area contributed by atoms with Crippen molar-refractivity contribution in [2.24, 2.45) is 17.4 Å². The molecule has 1 fully saturated rings. The minimum atomic E-state index is -2.28. The van der Waals surface area contributed by atoms with Crippen LogP contribution in [0.25, 0.3) is 5.57 Å². The zero-order valence-corrected chi connectivity index (χ0v) is 48.4. The van der Waals surface area contributed by atoms with E-state index >= 15 is 14.4 Å². The maximum absolute atomic E-state index is 15.7. The van der Waals surface area contributed by atoms with Crippen molar-refractivity contribution in [2.45, 2.75) is 124 Å². The molecular weight excluding hydrogens is 1220 g/mol. The largest absolute Gasteiger partial charge is 0.508 e. The van der Waals surface area contributed by atoms with E-state index in [1.807, 2.05) is 0 Å². The fourth-order valence-corrected chi connectivity index (χ4v) is 11.2. The quantitative estimate of drug-likeness (QED) is 0.0841. The molecule has 0 aromatic heterocycles. The van der Waals surface area contributed by atoms with Gasteiger partial charge < -0.3 is 113 Å². The van der Waals surface area contributed by atoms with Gasteiger partial charge >= 0.3 is 0 Å². The Morgan fingerprint density at radius 1 is 0.719 bits per heavy atom. The number of nitrogens with two attached hydrogens (primary N) is 2. The lowest BCUT2D eigenvalue weighted by atomic mass is 9.84. The summed E-state index contributed by atoms with van der Waals surface area (Å²) in [4.78, 5) is 115. The van der Waals surface area contributed by atoms with Crippen molar-refractivity contribution < 1.29 is 103 Å². The van der Waals surface area contributed by atoms with Crippen LogP contribution in [-0.2, 0) is 43.1 Å². The summed E-state index contributed by atoms with van der Waals surface area (Å²) in [6, 6.07) is -1.44. The number of aldehydes is 1. The maximum Gasteiger partial charge on any atom is 0.248 e. The highest BCUT2D eigenvalue weighted by Crippen LogP contribution is 2.49. The molecule has 1 aliphatic carbocycles. The molecule has 31 heteroatoms. The number of ether oxygens (including phenoxy) is 4. The Kier molecular flexibility index (Phi) is 19.5. The molecule has 7 amide bonds. The van der Waals surface area contributed by atoms with Crippen LogP contribution >= 0.6 is 23.2 Å². The minimum Gasteiger partial charge on any atom is -0.508 e. The van der Waals surface area contributed by atoms with Gasteiger partial charge in [-0.1, -0.05) is 55.2 Å². The summed E-state index contributed by atoms with van der Waals surface area (Å²) in [5.74, 6) is -12.9. The van der Waals surface area contributed by atoms with Gasteiger partial charge in [0.2, 0.25) is 53.4 Å². The van der Waals surface area contributed by atoms with Crippen molar-refractivity contribution in [1.82, 2.24) is 31.9 Å². The van der Waals surface area contributed by atoms with Gasteiger partial charge in [0.05, 0.1) is 35.2 Å². The molecule has 0 spiro atoms. The Morgan fingerprint density at radius 3 is 1.91 bits per heavy atom. The molecule has 0 saturated carbocycles. The van der Waals surface area contributed by atoms with Gasteiger partial charge in [-0.3, -0.25) is 33.6 Å². The summed E-state index contributed by atoms with van der Waals surface area (Å²) in [5.41, 5.74) is 9.99. The summed E-state index contributed by atoms with van der Waals surface area (Å²) in [7, 11) is 0. The van der Waals surface area contributed by atoms with Crippen LogP contribution in [0.1, 0.15) is 85.2 Å². The minimum absolute atomic E-state index is 0.0969. The number of rotatable bonds is 10. The van der Waals surface area contributed by atoms with Gasteiger partial charge in [-0.2, -0.15) is 0 Å². The van der Waals surface area contributed by atoms with Crippen molar-refractivity contribution in [3.8, 4) is 34.5 Å². The number of hydrogen-bond donors (Lipinski definition) is 17. The number of allylic oxidation sites excluding steroid dienone is 1. The standard InChI is InChI=1S/C58H62Cl2N8O21/c1-20(2)9-30(61)52(80)67-44-46(75)22-4-7-35(28(59)11-22)86-37-13-24-14-38(51(37)89-58-50(79)49(78)48(77)39(19-70)88-58)87-36-8-5-23(12-29(36)60)47(76)45-57(85)64-32(18-69)26-15-25(71)16-34(73)41(26)27-10-21(3-6-33(27)72)42(54(82)68-45)66-55(83)43(24)65-53(81)31(17-40(62)74)63-56(44)84/h3-8,10-14,16,18,20,25,30-32,39,42-50,58,70-73,75-79H,9,15,17,19,61H2,1-2H3,(H2,62,74)(H,63,84)(H,64,85)(H,65,81)(H,66,83)(H,67,80)(H,68,82)/t25?,30-,31+,32-,39?,42-,43-,44-,45?,46?,47?,48?,49?,50?,58?/m1/s1. The van der Waals surface area contributed by atoms with Crippen molar-refractivity contribution >= 4 is 76.4 Å². The number of aliphatic hydroxyl groups excluding tert-OH is 8. The molecule has 0 radical (unpaired) electrons. The van der Waals surface area contributed by atoms with Crippen LogP contribution in [0.4, 0.5) is 0 Å². The van der Waals surface area contributed by atoms with Crippen molar-refractivity contribution in [1.29, 1.82) is 0 Å². The molecule has 11 bridgehead atoms. The Bertz CT molecular complexity index is 3570. The van der Waals surface area contributed by atoms with Crippen LogP contribution < -0.4 is 57.6 Å². The maximum atomic E-state index is 15.7. The zero-order valence-electron chi connectivity index (χ0n) is 46.9. The summed E-state index contributed by atoms with van der Waals surface area (Å²) < 4.78 is 24.8. The fourth-order valence-electron chi connectivity index (χ4n) is 10.7. The van der Waals surface area contributed by atoms with E-state index in [0.29, 0.717) is 0 Å². The zero-order chi connectivity index (χ0) is 64.6. The second kappa shape index (κ2) is 26.7. The van der Waals surface area contributed by atoms with Crippen LogP contribution in [0.3, 0.4) is 0 Å². The average Bonchev–Trinajstić information content (AvgIpc) is 2.02. The number of benzene rings is 4. The van der Waals surface area contributed by atoms with Gasteiger partial charge in [-0.15, -0.1) is 0 Å². The Labute approximate surface area is 514 Å². The van der Waals surface area contributed by atoms with E-state index in [4.69, 9.17) is 53.6 Å². The number of amides is 7. The number of aliphatic hydroxyl groups is 8. The number of phenols is 1. The first-order chi connectivity index (χ1) is 42.2. The van der Waals surface area contributed by atoms with Crippen LogP contribution in [0.5, 0.6) is 34.5 Å². The van der Waals surface area contributed by atoms with E-state index in [0.717, 1.165) is 54.6 Å². The number of phenolic OH excluding ortho intramolecular Hbond substituents is 1. The molecule has 11 rings (SSSR count). The van der Waals surface area contributed by atoms with Crippen molar-refractivity contribution in [3.63, 3.8) is 0 Å². The molecule has 474 valence electrons. The van der Waals surface area contributed by atoms with Gasteiger partial charge in [0.25, 0.3) is 0 Å². The predicted octanol–water partition coefficient (Wildman–Crippen LogP) is -1.07. The van der Waals surface area contributed by atoms with Gasteiger partial charge in [-0.25, -0.2) is 0 Å². The van der Waals surface area contributed by atoms with E-state index in [-0.39, 0.29) is 73.6 Å². The summed E-state index contributed by atoms with van der Waals surface area (Å²) in [6.07, 6.45) is -15.5. The molecule has 4 aromatic carbocycles. The molecule has 6 heterocycles. The number of carbonyl (C=O) groups is 8. The Morgan fingerprint density at radius 2 is 1.31 bits per heavy atom. The topological polar surface area (TPSA) is 480 Å². The van der Waals surface area contributed by atoms with Crippen LogP contribution in [0.15, 0.2) is 84.1 Å². The number of fused-ring (bicyclic) bond motifs is 14. The van der Waals surface area contributed by atoms with Crippen molar-refractivity contribution in [2.75, 3.05) is 6.61 Å². The third kappa shape index (κ3) is 13.7.